The van der Waals surface area contributed by atoms with Crippen LogP contribution in [0.4, 0.5) is 5.69 Å². The van der Waals surface area contributed by atoms with Gasteiger partial charge in [-0.2, -0.15) is 0 Å². The van der Waals surface area contributed by atoms with Gasteiger partial charge in [0.05, 0.1) is 6.04 Å². The second-order valence-corrected chi connectivity index (χ2v) is 4.44. The summed E-state index contributed by atoms with van der Waals surface area (Å²) in [6, 6.07) is 7.38. The summed E-state index contributed by atoms with van der Waals surface area (Å²) in [5.74, 6) is -0.132. The topological polar surface area (TPSA) is 58.4 Å². The molecule has 0 aliphatic carbocycles. The summed E-state index contributed by atoms with van der Waals surface area (Å²) in [7, 11) is 4.05. The number of hydrogen-bond acceptors (Lipinski definition) is 3. The Hall–Kier alpha value is -1.39. The maximum atomic E-state index is 11.6. The number of nitrogens with two attached hydrogens (primary N) is 1. The summed E-state index contributed by atoms with van der Waals surface area (Å²) in [5.41, 5.74) is 7.65. The molecule has 1 atom stereocenters. The number of carbonyl (C=O) groups is 1. The molecule has 0 spiro atoms. The minimum absolute atomic E-state index is 0.132. The van der Waals surface area contributed by atoms with Gasteiger partial charge in [-0.1, -0.05) is 19.1 Å². The van der Waals surface area contributed by atoms with E-state index in [9.17, 15) is 4.79 Å². The largest absolute Gasteiger partial charge is 0.325 e. The van der Waals surface area contributed by atoms with E-state index in [-0.39, 0.29) is 5.91 Å². The van der Waals surface area contributed by atoms with Crippen molar-refractivity contribution in [1.29, 1.82) is 0 Å². The van der Waals surface area contributed by atoms with E-state index in [1.807, 2.05) is 45.3 Å². The fraction of sp³-hybridized carbons (Fsp3) is 0.462. The Morgan fingerprint density at radius 2 is 1.94 bits per heavy atom. The summed E-state index contributed by atoms with van der Waals surface area (Å²) in [5, 5.41) is 2.80. The normalized spacial score (nSPS) is 12.5. The lowest BCUT2D eigenvalue weighted by atomic mass is 10.2. The molecule has 0 radical (unpaired) electrons. The lowest BCUT2D eigenvalue weighted by molar-refractivity contribution is -0.117. The van der Waals surface area contributed by atoms with E-state index in [0.717, 1.165) is 12.2 Å². The van der Waals surface area contributed by atoms with Crippen LogP contribution in [0.3, 0.4) is 0 Å². The average Bonchev–Trinajstić information content (AvgIpc) is 2.30. The van der Waals surface area contributed by atoms with Crippen LogP contribution >= 0.6 is 0 Å². The summed E-state index contributed by atoms with van der Waals surface area (Å²) >= 11 is 0. The molecule has 0 aliphatic rings. The molecule has 17 heavy (non-hydrogen) atoms. The third-order valence-electron chi connectivity index (χ3n) is 2.50. The van der Waals surface area contributed by atoms with Gasteiger partial charge in [0, 0.05) is 12.2 Å². The van der Waals surface area contributed by atoms with Crippen LogP contribution in [0, 0.1) is 0 Å². The highest BCUT2D eigenvalue weighted by molar-refractivity contribution is 5.94. The molecule has 1 amide bonds. The minimum atomic E-state index is -0.434. The number of benzene rings is 1. The number of anilines is 1. The molecular weight excluding hydrogens is 214 g/mol. The van der Waals surface area contributed by atoms with Crippen molar-refractivity contribution in [2.75, 3.05) is 19.4 Å². The molecule has 94 valence electrons. The first kappa shape index (κ1) is 13.7. The van der Waals surface area contributed by atoms with E-state index in [4.69, 9.17) is 5.73 Å². The van der Waals surface area contributed by atoms with Crippen molar-refractivity contribution < 1.29 is 4.79 Å². The van der Waals surface area contributed by atoms with Crippen LogP contribution in [-0.4, -0.2) is 30.9 Å². The SMILES string of the molecule is CC[C@H](N)C(=O)Nc1ccc(CN(C)C)cc1. The molecule has 0 bridgehead atoms. The second-order valence-electron chi connectivity index (χ2n) is 4.44. The van der Waals surface area contributed by atoms with Crippen LogP contribution in [0.25, 0.3) is 0 Å². The Kier molecular flexibility index (Phi) is 5.12. The Labute approximate surface area is 103 Å². The van der Waals surface area contributed by atoms with Crippen molar-refractivity contribution in [2.45, 2.75) is 25.9 Å². The first-order valence-corrected chi connectivity index (χ1v) is 5.83. The van der Waals surface area contributed by atoms with Crippen molar-refractivity contribution >= 4 is 11.6 Å². The predicted octanol–water partition coefficient (Wildman–Crippen LogP) is 1.42. The van der Waals surface area contributed by atoms with Crippen LogP contribution in [0.1, 0.15) is 18.9 Å². The molecule has 1 aromatic rings. The summed E-state index contributed by atoms with van der Waals surface area (Å²) in [6.45, 7) is 2.78. The zero-order valence-electron chi connectivity index (χ0n) is 10.7. The highest BCUT2D eigenvalue weighted by Gasteiger charge is 2.10. The molecule has 4 heteroatoms. The van der Waals surface area contributed by atoms with Gasteiger partial charge in [0.2, 0.25) is 5.91 Å². The van der Waals surface area contributed by atoms with E-state index >= 15 is 0 Å². The van der Waals surface area contributed by atoms with E-state index in [1.54, 1.807) is 0 Å². The van der Waals surface area contributed by atoms with Gasteiger partial charge in [0.1, 0.15) is 0 Å². The first-order valence-electron chi connectivity index (χ1n) is 5.83. The number of carbonyl (C=O) groups excluding carboxylic acids is 1. The number of rotatable bonds is 5. The second kappa shape index (κ2) is 6.37. The van der Waals surface area contributed by atoms with Crippen molar-refractivity contribution in [3.63, 3.8) is 0 Å². The predicted molar refractivity (Wildman–Crippen MR) is 70.7 cm³/mol. The summed E-state index contributed by atoms with van der Waals surface area (Å²) in [4.78, 5) is 13.7. The van der Waals surface area contributed by atoms with Gasteiger partial charge in [0.25, 0.3) is 0 Å². The monoisotopic (exact) mass is 235 g/mol. The van der Waals surface area contributed by atoms with Gasteiger partial charge in [-0.05, 0) is 38.2 Å². The van der Waals surface area contributed by atoms with Gasteiger partial charge in [-0.3, -0.25) is 4.79 Å². The van der Waals surface area contributed by atoms with Crippen LogP contribution in [-0.2, 0) is 11.3 Å². The van der Waals surface area contributed by atoms with Crippen LogP contribution in [0.5, 0.6) is 0 Å². The maximum Gasteiger partial charge on any atom is 0.241 e. The highest BCUT2D eigenvalue weighted by Crippen LogP contribution is 2.11. The molecule has 0 saturated heterocycles. The highest BCUT2D eigenvalue weighted by atomic mass is 16.2. The standard InChI is InChI=1S/C13H21N3O/c1-4-12(14)13(17)15-11-7-5-10(6-8-11)9-16(2)3/h5-8,12H,4,9,14H2,1-3H3,(H,15,17)/t12-/m0/s1. The molecule has 1 aromatic carbocycles. The molecule has 0 fully saturated rings. The smallest absolute Gasteiger partial charge is 0.241 e. The van der Waals surface area contributed by atoms with Crippen molar-refractivity contribution in [1.82, 2.24) is 4.90 Å². The molecule has 4 nitrogen and oxygen atoms in total. The average molecular weight is 235 g/mol. The van der Waals surface area contributed by atoms with Crippen molar-refractivity contribution in [3.8, 4) is 0 Å². The fourth-order valence-electron chi connectivity index (χ4n) is 1.48. The lowest BCUT2D eigenvalue weighted by Crippen LogP contribution is -2.34. The van der Waals surface area contributed by atoms with Crippen LogP contribution in [0.2, 0.25) is 0 Å². The molecular formula is C13H21N3O. The Morgan fingerprint density at radius 1 is 1.35 bits per heavy atom. The van der Waals surface area contributed by atoms with E-state index in [1.165, 1.54) is 5.56 Å². The Morgan fingerprint density at radius 3 is 2.41 bits per heavy atom. The van der Waals surface area contributed by atoms with Crippen LogP contribution < -0.4 is 11.1 Å². The van der Waals surface area contributed by atoms with Crippen molar-refractivity contribution in [3.05, 3.63) is 29.8 Å². The van der Waals surface area contributed by atoms with Gasteiger partial charge >= 0.3 is 0 Å². The molecule has 0 aliphatic heterocycles. The molecule has 1 rings (SSSR count). The quantitative estimate of drug-likeness (QED) is 0.811. The first-order chi connectivity index (χ1) is 8.02. The number of nitrogens with zero attached hydrogens (tertiary/aromatic N) is 1. The van der Waals surface area contributed by atoms with E-state index in [2.05, 4.69) is 10.2 Å². The zero-order chi connectivity index (χ0) is 12.8. The summed E-state index contributed by atoms with van der Waals surface area (Å²) < 4.78 is 0. The molecule has 0 saturated carbocycles. The maximum absolute atomic E-state index is 11.6. The molecule has 3 N–H and O–H groups in total. The van der Waals surface area contributed by atoms with Gasteiger partial charge < -0.3 is 16.0 Å². The molecule has 0 heterocycles. The van der Waals surface area contributed by atoms with Crippen LogP contribution in [0.15, 0.2) is 24.3 Å². The van der Waals surface area contributed by atoms with E-state index in [0.29, 0.717) is 6.42 Å². The molecule has 0 unspecified atom stereocenters. The van der Waals surface area contributed by atoms with E-state index < -0.39 is 6.04 Å². The molecule has 0 aromatic heterocycles. The third-order valence-corrected chi connectivity index (χ3v) is 2.50. The number of amides is 1. The minimum Gasteiger partial charge on any atom is -0.325 e. The Bertz CT molecular complexity index is 359. The third kappa shape index (κ3) is 4.54. The van der Waals surface area contributed by atoms with Gasteiger partial charge in [-0.25, -0.2) is 0 Å². The fourth-order valence-corrected chi connectivity index (χ4v) is 1.48. The van der Waals surface area contributed by atoms with Gasteiger partial charge in [-0.15, -0.1) is 0 Å². The summed E-state index contributed by atoms with van der Waals surface area (Å²) in [6.07, 6.45) is 0.643. The van der Waals surface area contributed by atoms with Gasteiger partial charge in [0.15, 0.2) is 0 Å². The number of nitrogens with one attached hydrogen (secondary N) is 1. The zero-order valence-corrected chi connectivity index (χ0v) is 10.7. The van der Waals surface area contributed by atoms with Crippen molar-refractivity contribution in [2.24, 2.45) is 5.73 Å². The Balaban J connectivity index is 2.59. The lowest BCUT2D eigenvalue weighted by Gasteiger charge is -2.12. The number of hydrogen-bond donors (Lipinski definition) is 2.